The first-order valence-corrected chi connectivity index (χ1v) is 5.94. The van der Waals surface area contributed by atoms with Crippen LogP contribution in [0.15, 0.2) is 18.2 Å². The van der Waals surface area contributed by atoms with Gasteiger partial charge in [-0.25, -0.2) is 0 Å². The molecule has 15 heavy (non-hydrogen) atoms. The summed E-state index contributed by atoms with van der Waals surface area (Å²) in [6.45, 7) is 3.07. The first-order chi connectivity index (χ1) is 7.43. The largest absolute Gasteiger partial charge is 0.494 e. The van der Waals surface area contributed by atoms with E-state index in [4.69, 9.17) is 4.74 Å². The number of unbranched alkanes of at least 4 members (excludes halogenated alkanes) is 5. The van der Waals surface area contributed by atoms with Crippen LogP contribution < -0.4 is 4.74 Å². The Morgan fingerprint density at radius 3 is 2.60 bits per heavy atom. The molecular formula is C14H20O. The molecule has 0 fully saturated rings. The van der Waals surface area contributed by atoms with Crippen molar-refractivity contribution in [2.45, 2.75) is 45.4 Å². The number of benzene rings is 1. The second kappa shape index (κ2) is 8.34. The van der Waals surface area contributed by atoms with E-state index >= 15 is 0 Å². The average molecular weight is 204 g/mol. The van der Waals surface area contributed by atoms with Crippen molar-refractivity contribution in [2.75, 3.05) is 6.61 Å². The molecule has 0 saturated carbocycles. The highest BCUT2D eigenvalue weighted by atomic mass is 16.5. The summed E-state index contributed by atoms with van der Waals surface area (Å²) in [6.07, 6.45) is 7.82. The van der Waals surface area contributed by atoms with Crippen molar-refractivity contribution in [1.29, 1.82) is 0 Å². The topological polar surface area (TPSA) is 9.23 Å². The van der Waals surface area contributed by atoms with E-state index in [1.807, 2.05) is 18.2 Å². The van der Waals surface area contributed by atoms with Crippen LogP contribution in [-0.2, 0) is 0 Å². The molecular weight excluding hydrogens is 184 g/mol. The molecule has 2 radical (unpaired) electrons. The summed E-state index contributed by atoms with van der Waals surface area (Å²) >= 11 is 0. The Morgan fingerprint density at radius 1 is 1.07 bits per heavy atom. The fourth-order valence-corrected chi connectivity index (χ4v) is 1.50. The molecule has 1 rings (SSSR count). The number of hydrogen-bond donors (Lipinski definition) is 0. The second-order valence-corrected chi connectivity index (χ2v) is 3.78. The predicted octanol–water partition coefficient (Wildman–Crippen LogP) is 4.03. The summed E-state index contributed by atoms with van der Waals surface area (Å²) in [5.41, 5.74) is 0. The molecule has 0 spiro atoms. The van der Waals surface area contributed by atoms with E-state index in [0.717, 1.165) is 18.8 Å². The lowest BCUT2D eigenvalue weighted by Gasteiger charge is -2.05. The van der Waals surface area contributed by atoms with Crippen LogP contribution in [0.5, 0.6) is 5.75 Å². The van der Waals surface area contributed by atoms with Crippen molar-refractivity contribution in [3.8, 4) is 5.75 Å². The minimum atomic E-state index is 0.823. The molecule has 0 saturated heterocycles. The van der Waals surface area contributed by atoms with Crippen molar-refractivity contribution in [1.82, 2.24) is 0 Å². The van der Waals surface area contributed by atoms with Gasteiger partial charge in [0.05, 0.1) is 6.61 Å². The van der Waals surface area contributed by atoms with Gasteiger partial charge in [-0.15, -0.1) is 0 Å². The monoisotopic (exact) mass is 204 g/mol. The maximum atomic E-state index is 5.56. The highest BCUT2D eigenvalue weighted by molar-refractivity contribution is 5.19. The normalized spacial score (nSPS) is 10.2. The number of ether oxygens (including phenoxy) is 1. The third-order valence-electron chi connectivity index (χ3n) is 2.40. The standard InChI is InChI=1S/C14H20O/c1-2-3-4-5-6-10-13-15-14-11-8-7-9-12-14/h8,11-12H,2-6,10,13H2,1H3. The molecule has 0 bridgehead atoms. The van der Waals surface area contributed by atoms with Gasteiger partial charge in [0.25, 0.3) is 0 Å². The van der Waals surface area contributed by atoms with Gasteiger partial charge in [0.15, 0.2) is 0 Å². The van der Waals surface area contributed by atoms with Crippen molar-refractivity contribution in [2.24, 2.45) is 0 Å². The van der Waals surface area contributed by atoms with E-state index in [9.17, 15) is 0 Å². The van der Waals surface area contributed by atoms with Gasteiger partial charge in [-0.05, 0) is 30.7 Å². The van der Waals surface area contributed by atoms with Crippen LogP contribution in [0.25, 0.3) is 0 Å². The highest BCUT2D eigenvalue weighted by Gasteiger charge is 1.92. The molecule has 0 aliphatic carbocycles. The Balaban J connectivity index is 1.93. The molecule has 0 amide bonds. The quantitative estimate of drug-likeness (QED) is 0.581. The van der Waals surface area contributed by atoms with E-state index in [1.165, 1.54) is 32.1 Å². The first-order valence-electron chi connectivity index (χ1n) is 5.94. The fraction of sp³-hybridized carbons (Fsp3) is 0.571. The van der Waals surface area contributed by atoms with Crippen molar-refractivity contribution in [3.63, 3.8) is 0 Å². The van der Waals surface area contributed by atoms with Crippen LogP contribution in [0.3, 0.4) is 0 Å². The van der Waals surface area contributed by atoms with E-state index in [2.05, 4.69) is 19.1 Å². The van der Waals surface area contributed by atoms with Crippen LogP contribution in [0, 0.1) is 12.1 Å². The molecule has 0 heterocycles. The Labute approximate surface area is 93.5 Å². The SMILES string of the molecule is CCCCCCCCOc1c[c][c]cc1. The highest BCUT2D eigenvalue weighted by Crippen LogP contribution is 2.09. The first kappa shape index (κ1) is 12.1. The van der Waals surface area contributed by atoms with E-state index in [1.54, 1.807) is 0 Å². The average Bonchev–Trinajstić information content (AvgIpc) is 2.29. The van der Waals surface area contributed by atoms with Gasteiger partial charge < -0.3 is 4.74 Å². The van der Waals surface area contributed by atoms with Crippen LogP contribution in [0.4, 0.5) is 0 Å². The van der Waals surface area contributed by atoms with Crippen LogP contribution in [0.2, 0.25) is 0 Å². The third-order valence-corrected chi connectivity index (χ3v) is 2.40. The zero-order valence-corrected chi connectivity index (χ0v) is 9.59. The molecule has 1 aromatic carbocycles. The van der Waals surface area contributed by atoms with Crippen molar-refractivity contribution in [3.05, 3.63) is 30.3 Å². The molecule has 0 aromatic heterocycles. The van der Waals surface area contributed by atoms with Crippen LogP contribution >= 0.6 is 0 Å². The Morgan fingerprint density at radius 2 is 1.87 bits per heavy atom. The fourth-order valence-electron chi connectivity index (χ4n) is 1.50. The zero-order valence-electron chi connectivity index (χ0n) is 9.59. The summed E-state index contributed by atoms with van der Waals surface area (Å²) in [4.78, 5) is 0. The van der Waals surface area contributed by atoms with Gasteiger partial charge in [-0.2, -0.15) is 0 Å². The third kappa shape index (κ3) is 6.16. The summed E-state index contributed by atoms with van der Waals surface area (Å²) < 4.78 is 5.56. The molecule has 0 aliphatic rings. The van der Waals surface area contributed by atoms with Crippen LogP contribution in [0.1, 0.15) is 45.4 Å². The Bertz CT molecular complexity index is 230. The Kier molecular flexibility index (Phi) is 6.72. The molecule has 82 valence electrons. The molecule has 0 unspecified atom stereocenters. The maximum absolute atomic E-state index is 5.56. The molecule has 1 nitrogen and oxygen atoms in total. The molecule has 0 N–H and O–H groups in total. The zero-order chi connectivity index (χ0) is 10.8. The lowest BCUT2D eigenvalue weighted by atomic mass is 10.1. The van der Waals surface area contributed by atoms with Gasteiger partial charge in [-0.1, -0.05) is 45.1 Å². The maximum Gasteiger partial charge on any atom is 0.119 e. The van der Waals surface area contributed by atoms with E-state index < -0.39 is 0 Å². The van der Waals surface area contributed by atoms with Crippen molar-refractivity contribution >= 4 is 0 Å². The minimum absolute atomic E-state index is 0.823. The summed E-state index contributed by atoms with van der Waals surface area (Å²) in [7, 11) is 0. The molecule has 0 aliphatic heterocycles. The van der Waals surface area contributed by atoms with Gasteiger partial charge in [0.2, 0.25) is 0 Å². The van der Waals surface area contributed by atoms with E-state index in [0.29, 0.717) is 0 Å². The second-order valence-electron chi connectivity index (χ2n) is 3.78. The summed E-state index contributed by atoms with van der Waals surface area (Å²) in [5, 5.41) is 0. The van der Waals surface area contributed by atoms with Gasteiger partial charge in [0.1, 0.15) is 5.75 Å². The lowest BCUT2D eigenvalue weighted by Crippen LogP contribution is -1.96. The summed E-state index contributed by atoms with van der Waals surface area (Å²) in [5.74, 6) is 0.905. The number of rotatable bonds is 8. The molecule has 1 aromatic rings. The van der Waals surface area contributed by atoms with Crippen LogP contribution in [-0.4, -0.2) is 6.61 Å². The Hall–Kier alpha value is -0.980. The lowest BCUT2D eigenvalue weighted by molar-refractivity contribution is 0.304. The predicted molar refractivity (Wildman–Crippen MR) is 63.0 cm³/mol. The minimum Gasteiger partial charge on any atom is -0.494 e. The molecule has 1 heteroatoms. The van der Waals surface area contributed by atoms with Crippen molar-refractivity contribution < 1.29 is 4.74 Å². The smallest absolute Gasteiger partial charge is 0.119 e. The van der Waals surface area contributed by atoms with Gasteiger partial charge in [-0.3, -0.25) is 0 Å². The van der Waals surface area contributed by atoms with E-state index in [-0.39, 0.29) is 0 Å². The van der Waals surface area contributed by atoms with Gasteiger partial charge in [0, 0.05) is 0 Å². The molecule has 0 atom stereocenters. The van der Waals surface area contributed by atoms with Gasteiger partial charge >= 0.3 is 0 Å². The summed E-state index contributed by atoms with van der Waals surface area (Å²) in [6, 6.07) is 11.3. The number of hydrogen-bond acceptors (Lipinski definition) is 1.